The van der Waals surface area contributed by atoms with Gasteiger partial charge in [-0.2, -0.15) is 0 Å². The van der Waals surface area contributed by atoms with Crippen LogP contribution in [0.15, 0.2) is 54.0 Å². The lowest BCUT2D eigenvalue weighted by molar-refractivity contribution is 0.590. The molecule has 1 aromatic carbocycles. The summed E-state index contributed by atoms with van der Waals surface area (Å²) in [5, 5.41) is 7.10. The summed E-state index contributed by atoms with van der Waals surface area (Å²) in [5.41, 5.74) is 2.41. The summed E-state index contributed by atoms with van der Waals surface area (Å²) in [5.74, 6) is 0. The number of benzene rings is 1. The van der Waals surface area contributed by atoms with E-state index in [0.29, 0.717) is 0 Å². The van der Waals surface area contributed by atoms with Crippen molar-refractivity contribution in [3.8, 4) is 0 Å². The van der Waals surface area contributed by atoms with Gasteiger partial charge in [-0.15, -0.1) is 11.3 Å². The van der Waals surface area contributed by atoms with Crippen LogP contribution in [0.2, 0.25) is 0 Å². The van der Waals surface area contributed by atoms with E-state index < -0.39 is 0 Å². The maximum Gasteiger partial charge on any atom is 0.0765 e. The van der Waals surface area contributed by atoms with Crippen molar-refractivity contribution in [1.29, 1.82) is 0 Å². The van der Waals surface area contributed by atoms with Crippen LogP contribution < -0.4 is 5.32 Å². The SMILES string of the molecule is CCCNC(c1ccccn1)c1cccc2ccsc12. The summed E-state index contributed by atoms with van der Waals surface area (Å²) in [4.78, 5) is 4.54. The fourth-order valence-electron chi connectivity index (χ4n) is 2.45. The molecule has 0 amide bonds. The fourth-order valence-corrected chi connectivity index (χ4v) is 3.40. The highest BCUT2D eigenvalue weighted by molar-refractivity contribution is 7.17. The Kier molecular flexibility index (Phi) is 4.09. The maximum absolute atomic E-state index is 4.54. The van der Waals surface area contributed by atoms with Gasteiger partial charge < -0.3 is 5.32 Å². The molecule has 2 nitrogen and oxygen atoms in total. The zero-order valence-corrected chi connectivity index (χ0v) is 12.4. The second-order valence-corrected chi connectivity index (χ2v) is 5.74. The van der Waals surface area contributed by atoms with Gasteiger partial charge in [-0.05, 0) is 47.5 Å². The lowest BCUT2D eigenvalue weighted by atomic mass is 10.0. The van der Waals surface area contributed by atoms with E-state index in [9.17, 15) is 0 Å². The van der Waals surface area contributed by atoms with Crippen molar-refractivity contribution in [3.63, 3.8) is 0 Å². The number of fused-ring (bicyclic) bond motifs is 1. The molecule has 3 rings (SSSR count). The molecule has 3 heteroatoms. The molecule has 0 radical (unpaired) electrons. The van der Waals surface area contributed by atoms with Crippen molar-refractivity contribution in [3.05, 3.63) is 65.3 Å². The monoisotopic (exact) mass is 282 g/mol. The van der Waals surface area contributed by atoms with Gasteiger partial charge in [-0.1, -0.05) is 31.2 Å². The third-order valence-corrected chi connectivity index (χ3v) is 4.38. The number of hydrogen-bond acceptors (Lipinski definition) is 3. The third-order valence-electron chi connectivity index (χ3n) is 3.40. The number of thiophene rings is 1. The van der Waals surface area contributed by atoms with Crippen LogP contribution in [0, 0.1) is 0 Å². The van der Waals surface area contributed by atoms with E-state index in [1.54, 1.807) is 11.3 Å². The van der Waals surface area contributed by atoms with E-state index in [1.807, 2.05) is 12.3 Å². The van der Waals surface area contributed by atoms with Crippen molar-refractivity contribution >= 4 is 21.4 Å². The molecule has 2 heterocycles. The van der Waals surface area contributed by atoms with E-state index in [-0.39, 0.29) is 6.04 Å². The molecule has 0 aliphatic heterocycles. The number of nitrogens with one attached hydrogen (secondary N) is 1. The Labute approximate surface area is 123 Å². The smallest absolute Gasteiger partial charge is 0.0765 e. The minimum atomic E-state index is 0.165. The predicted octanol–water partition coefficient (Wildman–Crippen LogP) is 4.39. The molecule has 0 saturated heterocycles. The summed E-state index contributed by atoms with van der Waals surface area (Å²) in [6.07, 6.45) is 2.98. The molecule has 0 bridgehead atoms. The quantitative estimate of drug-likeness (QED) is 0.751. The van der Waals surface area contributed by atoms with Gasteiger partial charge in [0.2, 0.25) is 0 Å². The second-order valence-electron chi connectivity index (χ2n) is 4.83. The van der Waals surface area contributed by atoms with Crippen molar-refractivity contribution in [2.24, 2.45) is 0 Å². The minimum absolute atomic E-state index is 0.165. The average Bonchev–Trinajstić information content (AvgIpc) is 2.98. The van der Waals surface area contributed by atoms with Crippen LogP contribution in [0.4, 0.5) is 0 Å². The highest BCUT2D eigenvalue weighted by atomic mass is 32.1. The van der Waals surface area contributed by atoms with E-state index >= 15 is 0 Å². The van der Waals surface area contributed by atoms with Crippen LogP contribution in [0.25, 0.3) is 10.1 Å². The zero-order valence-electron chi connectivity index (χ0n) is 11.5. The summed E-state index contributed by atoms with van der Waals surface area (Å²) in [7, 11) is 0. The van der Waals surface area contributed by atoms with E-state index in [4.69, 9.17) is 0 Å². The largest absolute Gasteiger partial charge is 0.305 e. The molecule has 1 N–H and O–H groups in total. The highest BCUT2D eigenvalue weighted by Crippen LogP contribution is 2.31. The van der Waals surface area contributed by atoms with Gasteiger partial charge in [0.15, 0.2) is 0 Å². The maximum atomic E-state index is 4.54. The van der Waals surface area contributed by atoms with Gasteiger partial charge >= 0.3 is 0 Å². The first-order valence-corrected chi connectivity index (χ1v) is 7.88. The number of aromatic nitrogens is 1. The summed E-state index contributed by atoms with van der Waals surface area (Å²) >= 11 is 1.80. The van der Waals surface area contributed by atoms with Crippen LogP contribution in [0.1, 0.15) is 30.6 Å². The van der Waals surface area contributed by atoms with E-state index in [2.05, 4.69) is 59.0 Å². The topological polar surface area (TPSA) is 24.9 Å². The first kappa shape index (κ1) is 13.3. The molecular formula is C17H18N2S. The van der Waals surface area contributed by atoms with Gasteiger partial charge in [-0.25, -0.2) is 0 Å². The first-order valence-electron chi connectivity index (χ1n) is 7.00. The molecular weight excluding hydrogens is 264 g/mol. The number of pyridine rings is 1. The molecule has 0 fully saturated rings. The molecule has 0 spiro atoms. The molecule has 2 aromatic heterocycles. The Morgan fingerprint density at radius 3 is 2.90 bits per heavy atom. The molecule has 20 heavy (non-hydrogen) atoms. The van der Waals surface area contributed by atoms with E-state index in [1.165, 1.54) is 15.6 Å². The molecule has 1 atom stereocenters. The standard InChI is InChI=1S/C17H18N2S/c1-2-10-19-16(15-8-3-4-11-18-15)14-7-5-6-13-9-12-20-17(13)14/h3-9,11-12,16,19H,2,10H2,1H3. The highest BCUT2D eigenvalue weighted by Gasteiger charge is 2.17. The van der Waals surface area contributed by atoms with Crippen LogP contribution >= 0.6 is 11.3 Å². The van der Waals surface area contributed by atoms with E-state index in [0.717, 1.165) is 18.7 Å². The molecule has 3 aromatic rings. The average molecular weight is 282 g/mol. The van der Waals surface area contributed by atoms with Crippen molar-refractivity contribution in [2.75, 3.05) is 6.54 Å². The normalized spacial score (nSPS) is 12.7. The third kappa shape index (κ3) is 2.60. The van der Waals surface area contributed by atoms with Crippen LogP contribution in [0.3, 0.4) is 0 Å². The van der Waals surface area contributed by atoms with Crippen molar-refractivity contribution < 1.29 is 0 Å². The molecule has 0 saturated carbocycles. The first-order chi connectivity index (χ1) is 9.90. The minimum Gasteiger partial charge on any atom is -0.305 e. The summed E-state index contributed by atoms with van der Waals surface area (Å²) in [6.45, 7) is 3.18. The molecule has 102 valence electrons. The van der Waals surface area contributed by atoms with Crippen LogP contribution in [-0.4, -0.2) is 11.5 Å². The molecule has 1 unspecified atom stereocenters. The number of nitrogens with zero attached hydrogens (tertiary/aromatic N) is 1. The van der Waals surface area contributed by atoms with Crippen LogP contribution in [-0.2, 0) is 0 Å². The molecule has 0 aliphatic carbocycles. The number of rotatable bonds is 5. The van der Waals surface area contributed by atoms with Gasteiger partial charge in [0.25, 0.3) is 0 Å². The Bertz CT molecular complexity index is 676. The zero-order chi connectivity index (χ0) is 13.8. The fraction of sp³-hybridized carbons (Fsp3) is 0.235. The lowest BCUT2D eigenvalue weighted by Crippen LogP contribution is -2.24. The lowest BCUT2D eigenvalue weighted by Gasteiger charge is -2.19. The Hall–Kier alpha value is -1.71. The van der Waals surface area contributed by atoms with Gasteiger partial charge in [0.1, 0.15) is 0 Å². The van der Waals surface area contributed by atoms with Crippen molar-refractivity contribution in [1.82, 2.24) is 10.3 Å². The Morgan fingerprint density at radius 2 is 2.10 bits per heavy atom. The summed E-state index contributed by atoms with van der Waals surface area (Å²) < 4.78 is 1.35. The van der Waals surface area contributed by atoms with Crippen LogP contribution in [0.5, 0.6) is 0 Å². The Morgan fingerprint density at radius 1 is 1.15 bits per heavy atom. The van der Waals surface area contributed by atoms with Gasteiger partial charge in [0, 0.05) is 10.9 Å². The van der Waals surface area contributed by atoms with Gasteiger partial charge in [-0.3, -0.25) is 4.98 Å². The summed E-state index contributed by atoms with van der Waals surface area (Å²) in [6, 6.07) is 15.0. The van der Waals surface area contributed by atoms with Gasteiger partial charge in [0.05, 0.1) is 11.7 Å². The molecule has 0 aliphatic rings. The predicted molar refractivity (Wildman–Crippen MR) is 86.2 cm³/mol. The Balaban J connectivity index is 2.07. The van der Waals surface area contributed by atoms with Crippen molar-refractivity contribution in [2.45, 2.75) is 19.4 Å². The number of hydrogen-bond donors (Lipinski definition) is 1. The second kappa shape index (κ2) is 6.16.